The van der Waals surface area contributed by atoms with Crippen LogP contribution in [0.25, 0.3) is 0 Å². The number of thiophene rings is 1. The fraction of sp³-hybridized carbons (Fsp3) is 0.417. The van der Waals surface area contributed by atoms with E-state index in [-0.39, 0.29) is 6.04 Å². The van der Waals surface area contributed by atoms with Crippen LogP contribution in [0.15, 0.2) is 16.6 Å². The summed E-state index contributed by atoms with van der Waals surface area (Å²) in [5.41, 5.74) is 5.05. The normalized spacial score (nSPS) is 12.9. The molecule has 0 saturated carbocycles. The molecule has 0 aliphatic heterocycles. The minimum atomic E-state index is 0.120. The molecule has 4 nitrogen and oxygen atoms in total. The summed E-state index contributed by atoms with van der Waals surface area (Å²) in [5, 5.41) is 4.40. The van der Waals surface area contributed by atoms with Crippen molar-refractivity contribution in [1.29, 1.82) is 0 Å². The van der Waals surface area contributed by atoms with Crippen LogP contribution >= 0.6 is 27.3 Å². The van der Waals surface area contributed by atoms with E-state index in [0.717, 1.165) is 22.3 Å². The Morgan fingerprint density at radius 2 is 2.22 bits per heavy atom. The zero-order valence-corrected chi connectivity index (χ0v) is 13.1. The highest BCUT2D eigenvalue weighted by molar-refractivity contribution is 9.10. The first-order valence-electron chi connectivity index (χ1n) is 5.73. The van der Waals surface area contributed by atoms with E-state index in [0.29, 0.717) is 0 Å². The highest BCUT2D eigenvalue weighted by Gasteiger charge is 2.18. The molecule has 2 heterocycles. The Morgan fingerprint density at radius 3 is 2.67 bits per heavy atom. The van der Waals surface area contributed by atoms with Crippen molar-refractivity contribution in [2.75, 3.05) is 0 Å². The highest BCUT2D eigenvalue weighted by atomic mass is 79.9. The maximum atomic E-state index is 5.68. The van der Waals surface area contributed by atoms with E-state index in [2.05, 4.69) is 45.5 Å². The second-order valence-corrected chi connectivity index (χ2v) is 6.45. The Labute approximate surface area is 119 Å². The van der Waals surface area contributed by atoms with Crippen molar-refractivity contribution >= 4 is 27.3 Å². The molecule has 2 aromatic heterocycles. The van der Waals surface area contributed by atoms with E-state index >= 15 is 0 Å². The number of nitrogens with two attached hydrogens (primary N) is 1. The molecule has 0 aliphatic carbocycles. The third-order valence-corrected chi connectivity index (χ3v) is 5.11. The summed E-state index contributed by atoms with van der Waals surface area (Å²) in [6.45, 7) is 4.10. The first-order valence-corrected chi connectivity index (χ1v) is 7.34. The summed E-state index contributed by atoms with van der Waals surface area (Å²) in [4.78, 5) is 2.55. The van der Waals surface area contributed by atoms with Gasteiger partial charge in [0.15, 0.2) is 0 Å². The molecule has 1 atom stereocenters. The second kappa shape index (κ2) is 5.52. The van der Waals surface area contributed by atoms with Crippen molar-refractivity contribution in [3.8, 4) is 0 Å². The van der Waals surface area contributed by atoms with Crippen LogP contribution in [0.5, 0.6) is 0 Å². The van der Waals surface area contributed by atoms with Gasteiger partial charge in [-0.1, -0.05) is 0 Å². The number of aromatic nitrogens is 2. The van der Waals surface area contributed by atoms with E-state index in [1.165, 1.54) is 9.75 Å². The first-order chi connectivity index (χ1) is 8.52. The Hall–Kier alpha value is -0.690. The van der Waals surface area contributed by atoms with Gasteiger partial charge in [-0.3, -0.25) is 16.0 Å². The summed E-state index contributed by atoms with van der Waals surface area (Å²) in [5.74, 6) is 5.68. The molecule has 1 unspecified atom stereocenters. The zero-order chi connectivity index (χ0) is 13.3. The van der Waals surface area contributed by atoms with Crippen LogP contribution in [0.2, 0.25) is 0 Å². The van der Waals surface area contributed by atoms with Crippen molar-refractivity contribution in [2.45, 2.75) is 26.3 Å². The smallest absolute Gasteiger partial charge is 0.0738 e. The number of aryl methyl sites for hydroxylation is 3. The predicted octanol–water partition coefficient (Wildman–Crippen LogP) is 2.61. The molecule has 0 fully saturated rings. The van der Waals surface area contributed by atoms with Gasteiger partial charge in [-0.25, -0.2) is 0 Å². The van der Waals surface area contributed by atoms with Gasteiger partial charge in [0.05, 0.1) is 21.9 Å². The summed E-state index contributed by atoms with van der Waals surface area (Å²) in [6.07, 6.45) is 0.814. The fourth-order valence-corrected chi connectivity index (χ4v) is 3.41. The first kappa shape index (κ1) is 13.7. The topological polar surface area (TPSA) is 55.9 Å². The van der Waals surface area contributed by atoms with Crippen molar-refractivity contribution in [1.82, 2.24) is 15.2 Å². The predicted molar refractivity (Wildman–Crippen MR) is 78.5 cm³/mol. The van der Waals surface area contributed by atoms with Gasteiger partial charge in [-0.2, -0.15) is 5.10 Å². The van der Waals surface area contributed by atoms with E-state index in [4.69, 9.17) is 5.84 Å². The molecule has 0 saturated heterocycles. The largest absolute Gasteiger partial charge is 0.271 e. The molecule has 0 aliphatic rings. The second-order valence-electron chi connectivity index (χ2n) is 4.34. The maximum Gasteiger partial charge on any atom is 0.0738 e. The van der Waals surface area contributed by atoms with Crippen LogP contribution < -0.4 is 11.3 Å². The molecule has 18 heavy (non-hydrogen) atoms. The molecule has 2 aromatic rings. The maximum absolute atomic E-state index is 5.68. The number of halogens is 1. The Balaban J connectivity index is 2.25. The number of nitrogens with one attached hydrogen (secondary N) is 1. The molecule has 0 amide bonds. The number of hydrazine groups is 1. The lowest BCUT2D eigenvalue weighted by molar-refractivity contribution is 0.536. The quantitative estimate of drug-likeness (QED) is 0.670. The van der Waals surface area contributed by atoms with Crippen molar-refractivity contribution in [3.05, 3.63) is 37.7 Å². The standard InChI is InChI=1S/C12H17BrN4S/c1-7-4-5-11(18-7)9(15-14)6-10-12(13)8(2)16-17(10)3/h4-5,9,15H,6,14H2,1-3H3. The molecule has 6 heteroatoms. The van der Waals surface area contributed by atoms with Gasteiger partial charge in [0, 0.05) is 23.2 Å². The lowest BCUT2D eigenvalue weighted by atomic mass is 10.1. The summed E-state index contributed by atoms with van der Waals surface area (Å²) in [7, 11) is 1.96. The van der Waals surface area contributed by atoms with Crippen LogP contribution in [-0.2, 0) is 13.5 Å². The lowest BCUT2D eigenvalue weighted by Gasteiger charge is -2.14. The van der Waals surface area contributed by atoms with Gasteiger partial charge in [0.1, 0.15) is 0 Å². The average molecular weight is 329 g/mol. The minimum Gasteiger partial charge on any atom is -0.271 e. The molecule has 0 radical (unpaired) electrons. The van der Waals surface area contributed by atoms with Crippen LogP contribution in [0.4, 0.5) is 0 Å². The minimum absolute atomic E-state index is 0.120. The third-order valence-electron chi connectivity index (χ3n) is 2.96. The zero-order valence-electron chi connectivity index (χ0n) is 10.7. The molecule has 3 N–H and O–H groups in total. The van der Waals surface area contributed by atoms with E-state index in [1.54, 1.807) is 11.3 Å². The molecule has 0 bridgehead atoms. The van der Waals surface area contributed by atoms with Gasteiger partial charge in [-0.15, -0.1) is 11.3 Å². The van der Waals surface area contributed by atoms with Gasteiger partial charge in [-0.05, 0) is 41.9 Å². The van der Waals surface area contributed by atoms with E-state index in [1.807, 2.05) is 18.7 Å². The van der Waals surface area contributed by atoms with Gasteiger partial charge in [0.2, 0.25) is 0 Å². The summed E-state index contributed by atoms with van der Waals surface area (Å²) < 4.78 is 2.98. The Bertz CT molecular complexity index is 546. The SMILES string of the molecule is Cc1ccc(C(Cc2c(Br)c(C)nn2C)NN)s1. The fourth-order valence-electron chi connectivity index (χ4n) is 1.98. The van der Waals surface area contributed by atoms with Gasteiger partial charge >= 0.3 is 0 Å². The van der Waals surface area contributed by atoms with Crippen LogP contribution in [0, 0.1) is 13.8 Å². The highest BCUT2D eigenvalue weighted by Crippen LogP contribution is 2.28. The van der Waals surface area contributed by atoms with Crippen LogP contribution in [-0.4, -0.2) is 9.78 Å². The van der Waals surface area contributed by atoms with Gasteiger partial charge < -0.3 is 0 Å². The monoisotopic (exact) mass is 328 g/mol. The Kier molecular flexibility index (Phi) is 4.21. The molecule has 98 valence electrons. The van der Waals surface area contributed by atoms with E-state index < -0.39 is 0 Å². The third kappa shape index (κ3) is 2.66. The molecular formula is C12H17BrN4S. The molecule has 0 aromatic carbocycles. The number of rotatable bonds is 4. The molecule has 0 spiro atoms. The lowest BCUT2D eigenvalue weighted by Crippen LogP contribution is -2.29. The van der Waals surface area contributed by atoms with Crippen molar-refractivity contribution < 1.29 is 0 Å². The van der Waals surface area contributed by atoms with Crippen LogP contribution in [0.3, 0.4) is 0 Å². The molecular weight excluding hydrogens is 312 g/mol. The average Bonchev–Trinajstić information content (AvgIpc) is 2.84. The van der Waals surface area contributed by atoms with Crippen molar-refractivity contribution in [2.24, 2.45) is 12.9 Å². The van der Waals surface area contributed by atoms with E-state index in [9.17, 15) is 0 Å². The number of hydrogen-bond donors (Lipinski definition) is 2. The number of nitrogens with zero attached hydrogens (tertiary/aromatic N) is 2. The summed E-state index contributed by atoms with van der Waals surface area (Å²) in [6, 6.07) is 4.37. The Morgan fingerprint density at radius 1 is 1.50 bits per heavy atom. The van der Waals surface area contributed by atoms with Crippen molar-refractivity contribution in [3.63, 3.8) is 0 Å². The molecule has 2 rings (SSSR count). The van der Waals surface area contributed by atoms with Crippen LogP contribution in [0.1, 0.15) is 27.2 Å². The van der Waals surface area contributed by atoms with Gasteiger partial charge in [0.25, 0.3) is 0 Å². The summed E-state index contributed by atoms with van der Waals surface area (Å²) >= 11 is 5.36. The number of hydrogen-bond acceptors (Lipinski definition) is 4.